The molecule has 4 nitrogen and oxygen atoms in total. The van der Waals surface area contributed by atoms with Crippen molar-refractivity contribution in [2.24, 2.45) is 0 Å². The molecule has 1 aromatic rings. The number of benzene rings is 1. The third-order valence-electron chi connectivity index (χ3n) is 2.67. The van der Waals surface area contributed by atoms with E-state index in [9.17, 15) is 9.59 Å². The molecule has 0 unspecified atom stereocenters. The summed E-state index contributed by atoms with van der Waals surface area (Å²) in [4.78, 5) is 25.2. The van der Waals surface area contributed by atoms with Crippen molar-refractivity contribution < 1.29 is 14.3 Å². The number of nitrogens with zero attached hydrogens (tertiary/aromatic N) is 1. The lowest BCUT2D eigenvalue weighted by molar-refractivity contribution is 0.0751. The van der Waals surface area contributed by atoms with Gasteiger partial charge in [-0.05, 0) is 12.8 Å². The third-order valence-corrected chi connectivity index (χ3v) is 2.67. The molecule has 0 saturated heterocycles. The van der Waals surface area contributed by atoms with Crippen LogP contribution in [0.25, 0.3) is 0 Å². The first-order valence-electron chi connectivity index (χ1n) is 6.69. The molecule has 0 fully saturated rings. The Bertz CT molecular complexity index is 397. The van der Waals surface area contributed by atoms with E-state index in [2.05, 4.69) is 0 Å². The molecule has 104 valence electrons. The topological polar surface area (TPSA) is 46.6 Å². The normalized spacial score (nSPS) is 10.0. The van der Waals surface area contributed by atoms with Gasteiger partial charge in [0, 0.05) is 18.7 Å². The summed E-state index contributed by atoms with van der Waals surface area (Å²) >= 11 is 0. The predicted molar refractivity (Wildman–Crippen MR) is 74.3 cm³/mol. The average molecular weight is 263 g/mol. The molecule has 1 rings (SSSR count). The third kappa shape index (κ3) is 5.12. The van der Waals surface area contributed by atoms with Crippen molar-refractivity contribution in [3.8, 4) is 0 Å². The highest BCUT2D eigenvalue weighted by Gasteiger charge is 2.15. The smallest absolute Gasteiger partial charge is 0.410 e. The molecule has 0 aliphatic rings. The van der Waals surface area contributed by atoms with Crippen molar-refractivity contribution in [2.75, 3.05) is 19.7 Å². The monoisotopic (exact) mass is 263 g/mol. The minimum Gasteiger partial charge on any atom is -0.441 e. The maximum Gasteiger partial charge on any atom is 0.410 e. The molecule has 4 heteroatoms. The van der Waals surface area contributed by atoms with Gasteiger partial charge in [0.2, 0.25) is 0 Å². The van der Waals surface area contributed by atoms with Crippen LogP contribution >= 0.6 is 0 Å². The Balaban J connectivity index is 2.46. The summed E-state index contributed by atoms with van der Waals surface area (Å²) in [6, 6.07) is 8.84. The molecule has 0 bridgehead atoms. The first kappa shape index (κ1) is 15.2. The SMILES string of the molecule is CCCN(CCC)C(=O)OCC(=O)c1ccccc1. The van der Waals surface area contributed by atoms with Crippen LogP contribution in [-0.4, -0.2) is 36.5 Å². The highest BCUT2D eigenvalue weighted by Crippen LogP contribution is 2.03. The molecule has 0 saturated carbocycles. The summed E-state index contributed by atoms with van der Waals surface area (Å²) in [7, 11) is 0. The Morgan fingerprint density at radius 1 is 1.05 bits per heavy atom. The minimum atomic E-state index is -0.409. The van der Waals surface area contributed by atoms with E-state index >= 15 is 0 Å². The van der Waals surface area contributed by atoms with Gasteiger partial charge in [0.25, 0.3) is 0 Å². The first-order valence-corrected chi connectivity index (χ1v) is 6.69. The maximum absolute atomic E-state index is 11.8. The standard InChI is InChI=1S/C15H21NO3/c1-3-10-16(11-4-2)15(18)19-12-14(17)13-8-6-5-7-9-13/h5-9H,3-4,10-12H2,1-2H3. The minimum absolute atomic E-state index is 0.179. The number of carbonyl (C=O) groups excluding carboxylic acids is 2. The van der Waals surface area contributed by atoms with Crippen LogP contribution in [-0.2, 0) is 4.74 Å². The highest BCUT2D eigenvalue weighted by atomic mass is 16.6. The summed E-state index contributed by atoms with van der Waals surface area (Å²) in [5.41, 5.74) is 0.563. The van der Waals surface area contributed by atoms with Gasteiger partial charge < -0.3 is 9.64 Å². The van der Waals surface area contributed by atoms with Gasteiger partial charge in [-0.2, -0.15) is 0 Å². The van der Waals surface area contributed by atoms with E-state index in [0.29, 0.717) is 18.7 Å². The number of hydrogen-bond donors (Lipinski definition) is 0. The lowest BCUT2D eigenvalue weighted by Crippen LogP contribution is -2.34. The van der Waals surface area contributed by atoms with Gasteiger partial charge in [-0.3, -0.25) is 4.79 Å². The van der Waals surface area contributed by atoms with Gasteiger partial charge in [0.1, 0.15) is 0 Å². The van der Waals surface area contributed by atoms with E-state index in [-0.39, 0.29) is 12.4 Å². The summed E-state index contributed by atoms with van der Waals surface area (Å²) in [6.45, 7) is 5.13. The predicted octanol–water partition coefficient (Wildman–Crippen LogP) is 3.13. The second kappa shape index (κ2) is 8.29. The molecule has 0 atom stereocenters. The molecule has 19 heavy (non-hydrogen) atoms. The number of hydrogen-bond acceptors (Lipinski definition) is 3. The van der Waals surface area contributed by atoms with Crippen LogP contribution in [0.2, 0.25) is 0 Å². The van der Waals surface area contributed by atoms with Crippen LogP contribution < -0.4 is 0 Å². The fourth-order valence-corrected chi connectivity index (χ4v) is 1.76. The van der Waals surface area contributed by atoms with Crippen molar-refractivity contribution in [1.29, 1.82) is 0 Å². The molecule has 1 aromatic carbocycles. The number of carbonyl (C=O) groups is 2. The van der Waals surface area contributed by atoms with E-state index in [1.807, 2.05) is 19.9 Å². The second-order valence-corrected chi connectivity index (χ2v) is 4.33. The lowest BCUT2D eigenvalue weighted by atomic mass is 10.1. The Labute approximate surface area is 114 Å². The fraction of sp³-hybridized carbons (Fsp3) is 0.467. The van der Waals surface area contributed by atoms with Crippen LogP contribution in [0.3, 0.4) is 0 Å². The van der Waals surface area contributed by atoms with Gasteiger partial charge >= 0.3 is 6.09 Å². The summed E-state index contributed by atoms with van der Waals surface area (Å²) < 4.78 is 5.06. The van der Waals surface area contributed by atoms with E-state index in [0.717, 1.165) is 12.8 Å². The van der Waals surface area contributed by atoms with Crippen LogP contribution in [0.5, 0.6) is 0 Å². The Morgan fingerprint density at radius 2 is 1.63 bits per heavy atom. The lowest BCUT2D eigenvalue weighted by Gasteiger charge is -2.20. The van der Waals surface area contributed by atoms with Crippen LogP contribution in [0.4, 0.5) is 4.79 Å². The van der Waals surface area contributed by atoms with Gasteiger partial charge in [0.05, 0.1) is 0 Å². The molecule has 0 aliphatic carbocycles. The molecule has 0 aromatic heterocycles. The van der Waals surface area contributed by atoms with Crippen molar-refractivity contribution >= 4 is 11.9 Å². The second-order valence-electron chi connectivity index (χ2n) is 4.33. The Morgan fingerprint density at radius 3 is 2.16 bits per heavy atom. The molecule has 0 aliphatic heterocycles. The zero-order valence-corrected chi connectivity index (χ0v) is 11.6. The molecule has 0 heterocycles. The quantitative estimate of drug-likeness (QED) is 0.710. The molecule has 0 N–H and O–H groups in total. The number of ether oxygens (including phenoxy) is 1. The van der Waals surface area contributed by atoms with E-state index in [4.69, 9.17) is 4.74 Å². The zero-order chi connectivity index (χ0) is 14.1. The molecular formula is C15H21NO3. The zero-order valence-electron chi connectivity index (χ0n) is 11.6. The Hall–Kier alpha value is -1.84. The first-order chi connectivity index (χ1) is 9.19. The number of rotatable bonds is 7. The van der Waals surface area contributed by atoms with E-state index in [1.54, 1.807) is 29.2 Å². The summed E-state index contributed by atoms with van der Waals surface area (Å²) in [6.07, 6.45) is 1.34. The average Bonchev–Trinajstić information content (AvgIpc) is 2.45. The van der Waals surface area contributed by atoms with Crippen LogP contribution in [0.1, 0.15) is 37.0 Å². The van der Waals surface area contributed by atoms with Crippen molar-refractivity contribution in [2.45, 2.75) is 26.7 Å². The number of Topliss-reactive ketones (excluding diaryl/α,β-unsaturated/α-hetero) is 1. The van der Waals surface area contributed by atoms with E-state index < -0.39 is 6.09 Å². The maximum atomic E-state index is 11.8. The van der Waals surface area contributed by atoms with Crippen molar-refractivity contribution in [3.63, 3.8) is 0 Å². The molecular weight excluding hydrogens is 242 g/mol. The summed E-state index contributed by atoms with van der Waals surface area (Å²) in [5.74, 6) is -0.179. The number of ketones is 1. The van der Waals surface area contributed by atoms with Gasteiger partial charge in [-0.25, -0.2) is 4.79 Å². The largest absolute Gasteiger partial charge is 0.441 e. The summed E-state index contributed by atoms with van der Waals surface area (Å²) in [5, 5.41) is 0. The fourth-order valence-electron chi connectivity index (χ4n) is 1.76. The van der Waals surface area contributed by atoms with Crippen LogP contribution in [0, 0.1) is 0 Å². The Kier molecular flexibility index (Phi) is 6.64. The van der Waals surface area contributed by atoms with Crippen molar-refractivity contribution in [1.82, 2.24) is 4.90 Å². The van der Waals surface area contributed by atoms with Gasteiger partial charge in [-0.1, -0.05) is 44.2 Å². The van der Waals surface area contributed by atoms with Crippen molar-refractivity contribution in [3.05, 3.63) is 35.9 Å². The highest BCUT2D eigenvalue weighted by molar-refractivity contribution is 5.97. The number of amides is 1. The molecule has 0 radical (unpaired) electrons. The van der Waals surface area contributed by atoms with Gasteiger partial charge in [-0.15, -0.1) is 0 Å². The van der Waals surface area contributed by atoms with Crippen LogP contribution in [0.15, 0.2) is 30.3 Å². The molecule has 1 amide bonds. The molecule has 0 spiro atoms. The van der Waals surface area contributed by atoms with E-state index in [1.165, 1.54) is 0 Å². The van der Waals surface area contributed by atoms with Gasteiger partial charge in [0.15, 0.2) is 12.4 Å².